The van der Waals surface area contributed by atoms with Gasteiger partial charge < -0.3 is 20.2 Å². The van der Waals surface area contributed by atoms with Gasteiger partial charge in [0.2, 0.25) is 0 Å². The molecule has 1 aromatic carbocycles. The number of amidine groups is 1. The second kappa shape index (κ2) is 10.9. The van der Waals surface area contributed by atoms with Crippen LogP contribution < -0.4 is 20.9 Å². The summed E-state index contributed by atoms with van der Waals surface area (Å²) in [6.45, 7) is 6.14. The molecule has 0 saturated heterocycles. The van der Waals surface area contributed by atoms with Crippen molar-refractivity contribution in [3.05, 3.63) is 58.0 Å². The molecule has 33 heavy (non-hydrogen) atoms. The lowest BCUT2D eigenvalue weighted by Gasteiger charge is -2.29. The number of pyridine rings is 1. The first kappa shape index (κ1) is 24.8. The van der Waals surface area contributed by atoms with Crippen molar-refractivity contribution in [2.24, 2.45) is 5.92 Å². The number of rotatable bonds is 7. The van der Waals surface area contributed by atoms with Gasteiger partial charge in [0.15, 0.2) is 0 Å². The van der Waals surface area contributed by atoms with Crippen LogP contribution in [0.2, 0.25) is 0 Å². The highest BCUT2D eigenvalue weighted by Crippen LogP contribution is 2.27. The molecule has 1 saturated carbocycles. The van der Waals surface area contributed by atoms with Crippen LogP contribution in [0.15, 0.2) is 41.3 Å². The number of anilines is 2. The number of H-pyrrole nitrogens is 1. The number of hydrogen-bond acceptors (Lipinski definition) is 6. The average molecular weight is 469 g/mol. The van der Waals surface area contributed by atoms with Crippen LogP contribution in [0.1, 0.15) is 57.6 Å². The van der Waals surface area contributed by atoms with E-state index in [4.69, 9.17) is 5.41 Å². The first-order chi connectivity index (χ1) is 15.7. The first-order valence-electron chi connectivity index (χ1n) is 11.2. The Morgan fingerprint density at radius 2 is 2.06 bits per heavy atom. The lowest BCUT2D eigenvalue weighted by molar-refractivity contribution is 0.388. The van der Waals surface area contributed by atoms with Gasteiger partial charge in [-0.05, 0) is 57.4 Å². The van der Waals surface area contributed by atoms with Gasteiger partial charge in [-0.1, -0.05) is 25.0 Å². The highest BCUT2D eigenvalue weighted by atomic mass is 32.2. The smallest absolute Gasteiger partial charge is 0.261 e. The molecule has 9 heteroatoms. The van der Waals surface area contributed by atoms with Crippen molar-refractivity contribution in [2.75, 3.05) is 10.6 Å². The monoisotopic (exact) mass is 468 g/mol. The summed E-state index contributed by atoms with van der Waals surface area (Å²) < 4.78 is 14.9. The summed E-state index contributed by atoms with van der Waals surface area (Å²) in [5.74, 6) is -0.150. The SMILES string of the molecule is CC(C)(C)[S@+]([O-])NCc1cccc(NC(=N)c2c(N[C@H]3CCCC[C@@H]3C#N)cc[nH]c2=O)c1. The zero-order valence-electron chi connectivity index (χ0n) is 19.3. The summed E-state index contributed by atoms with van der Waals surface area (Å²) in [7, 11) is 0. The van der Waals surface area contributed by atoms with Crippen LogP contribution in [0, 0.1) is 22.7 Å². The molecular formula is C24H32N6O2S. The van der Waals surface area contributed by atoms with E-state index in [0.717, 1.165) is 31.2 Å². The van der Waals surface area contributed by atoms with Gasteiger partial charge in [0.05, 0.1) is 24.2 Å². The number of hydrogen-bond donors (Lipinski definition) is 5. The minimum Gasteiger partial charge on any atom is -0.598 e. The summed E-state index contributed by atoms with van der Waals surface area (Å²) >= 11 is -1.19. The van der Waals surface area contributed by atoms with Crippen molar-refractivity contribution in [1.82, 2.24) is 9.71 Å². The highest BCUT2D eigenvalue weighted by Gasteiger charge is 2.27. The van der Waals surface area contributed by atoms with Gasteiger partial charge in [-0.15, -0.1) is 4.72 Å². The van der Waals surface area contributed by atoms with E-state index in [1.54, 1.807) is 12.3 Å². The molecule has 0 unspecified atom stereocenters. The third-order valence-electron chi connectivity index (χ3n) is 5.64. The van der Waals surface area contributed by atoms with Crippen molar-refractivity contribution in [2.45, 2.75) is 63.8 Å². The number of nitrogens with zero attached hydrogens (tertiary/aromatic N) is 1. The zero-order chi connectivity index (χ0) is 24.0. The number of nitrogens with one attached hydrogen (secondary N) is 5. The number of aromatic nitrogens is 1. The van der Waals surface area contributed by atoms with Gasteiger partial charge in [0, 0.05) is 29.3 Å². The minimum absolute atomic E-state index is 0.0351. The van der Waals surface area contributed by atoms with Crippen LogP contribution in [-0.2, 0) is 17.9 Å². The average Bonchev–Trinajstić information content (AvgIpc) is 2.77. The third-order valence-corrected chi connectivity index (χ3v) is 7.16. The van der Waals surface area contributed by atoms with E-state index in [1.807, 2.05) is 45.0 Å². The predicted molar refractivity (Wildman–Crippen MR) is 134 cm³/mol. The Balaban J connectivity index is 1.74. The van der Waals surface area contributed by atoms with Gasteiger partial charge in [-0.25, -0.2) is 0 Å². The molecule has 0 aliphatic heterocycles. The standard InChI is InChI=1S/C24H32N6O2S/c1-24(2,3)33(32)28-15-16-7-6-9-18(13-16)29-22(26)21-20(11-12-27-23(21)31)30-19-10-5-4-8-17(19)14-25/h6-7,9,11-13,17,19,28H,4-5,8,10,15H2,1-3H3,(H2,26,29)(H2,27,30,31)/t17-,19+,33+/m1/s1. The van der Waals surface area contributed by atoms with Crippen LogP contribution in [0.3, 0.4) is 0 Å². The third kappa shape index (κ3) is 6.60. The fourth-order valence-electron chi connectivity index (χ4n) is 3.84. The maximum atomic E-state index is 12.6. The molecule has 0 amide bonds. The molecule has 8 nitrogen and oxygen atoms in total. The molecule has 0 radical (unpaired) electrons. The molecule has 0 spiro atoms. The summed E-state index contributed by atoms with van der Waals surface area (Å²) in [5.41, 5.74) is 1.94. The molecule has 5 N–H and O–H groups in total. The minimum atomic E-state index is -1.19. The molecule has 3 rings (SSSR count). The normalized spacial score (nSPS) is 19.4. The van der Waals surface area contributed by atoms with Crippen molar-refractivity contribution in [1.29, 1.82) is 10.7 Å². The fraction of sp³-hybridized carbons (Fsp3) is 0.458. The van der Waals surface area contributed by atoms with Crippen LogP contribution in [0.25, 0.3) is 0 Å². The second-order valence-corrected chi connectivity index (χ2v) is 11.3. The molecule has 1 aliphatic rings. The van der Waals surface area contributed by atoms with Gasteiger partial charge in [0.1, 0.15) is 16.1 Å². The Morgan fingerprint density at radius 1 is 1.30 bits per heavy atom. The maximum absolute atomic E-state index is 12.6. The molecule has 1 heterocycles. The van der Waals surface area contributed by atoms with Crippen LogP contribution in [0.5, 0.6) is 0 Å². The largest absolute Gasteiger partial charge is 0.598 e. The summed E-state index contributed by atoms with van der Waals surface area (Å²) in [4.78, 5) is 15.3. The Hall–Kier alpha value is -2.80. The number of nitriles is 1. The van der Waals surface area contributed by atoms with E-state index < -0.39 is 11.4 Å². The lowest BCUT2D eigenvalue weighted by atomic mass is 9.85. The van der Waals surface area contributed by atoms with Crippen LogP contribution in [-0.4, -0.2) is 26.2 Å². The van der Waals surface area contributed by atoms with Gasteiger partial charge in [0.25, 0.3) is 5.56 Å². The van der Waals surface area contributed by atoms with Crippen molar-refractivity contribution >= 4 is 28.6 Å². The van der Waals surface area contributed by atoms with Crippen LogP contribution in [0.4, 0.5) is 11.4 Å². The second-order valence-electron chi connectivity index (χ2n) is 9.27. The van der Waals surface area contributed by atoms with Gasteiger partial charge in [-0.3, -0.25) is 10.2 Å². The predicted octanol–water partition coefficient (Wildman–Crippen LogP) is 3.86. The van der Waals surface area contributed by atoms with E-state index >= 15 is 0 Å². The quantitative estimate of drug-likeness (QED) is 0.237. The topological polar surface area (TPSA) is 140 Å². The molecule has 1 aromatic heterocycles. The van der Waals surface area contributed by atoms with Crippen molar-refractivity contribution in [3.63, 3.8) is 0 Å². The molecule has 3 atom stereocenters. The zero-order valence-corrected chi connectivity index (χ0v) is 20.1. The van der Waals surface area contributed by atoms with Crippen molar-refractivity contribution in [3.8, 4) is 6.07 Å². The first-order valence-corrected chi connectivity index (χ1v) is 12.3. The lowest BCUT2D eigenvalue weighted by Crippen LogP contribution is -2.38. The van der Waals surface area contributed by atoms with E-state index in [0.29, 0.717) is 17.9 Å². The Labute approximate surface area is 198 Å². The van der Waals surface area contributed by atoms with E-state index in [2.05, 4.69) is 26.4 Å². The summed E-state index contributed by atoms with van der Waals surface area (Å²) in [5, 5.41) is 24.4. The maximum Gasteiger partial charge on any atom is 0.261 e. The van der Waals surface area contributed by atoms with Crippen LogP contribution >= 0.6 is 0 Å². The van der Waals surface area contributed by atoms with E-state index in [1.165, 1.54) is 0 Å². The summed E-state index contributed by atoms with van der Waals surface area (Å²) in [6.07, 6.45) is 5.31. The fourth-order valence-corrected chi connectivity index (χ4v) is 4.57. The van der Waals surface area contributed by atoms with Crippen molar-refractivity contribution < 1.29 is 4.55 Å². The highest BCUT2D eigenvalue weighted by molar-refractivity contribution is 7.90. The number of benzene rings is 1. The number of aromatic amines is 1. The van der Waals surface area contributed by atoms with Gasteiger partial charge >= 0.3 is 0 Å². The van der Waals surface area contributed by atoms with E-state index in [9.17, 15) is 14.6 Å². The molecule has 1 fully saturated rings. The Morgan fingerprint density at radius 3 is 2.79 bits per heavy atom. The molecule has 176 valence electrons. The Kier molecular flexibility index (Phi) is 8.19. The molecule has 2 aromatic rings. The van der Waals surface area contributed by atoms with Gasteiger partial charge in [-0.2, -0.15) is 5.26 Å². The molecule has 0 bridgehead atoms. The summed E-state index contributed by atoms with van der Waals surface area (Å²) in [6, 6.07) is 11.5. The van der Waals surface area contributed by atoms with E-state index in [-0.39, 0.29) is 33.7 Å². The Bertz CT molecular complexity index is 1070. The molecule has 1 aliphatic carbocycles. The molecular weight excluding hydrogens is 436 g/mol.